The number of benzene rings is 2. The normalized spacial score (nSPS) is 11.1. The number of anilines is 1. The van der Waals surface area contributed by atoms with Gasteiger partial charge in [0.05, 0.1) is 5.56 Å². The summed E-state index contributed by atoms with van der Waals surface area (Å²) in [5.41, 5.74) is 8.44. The van der Waals surface area contributed by atoms with Crippen molar-refractivity contribution in [2.45, 2.75) is 18.1 Å². The fourth-order valence-electron chi connectivity index (χ4n) is 3.53. The number of hydrazine groups is 1. The number of aryl methyl sites for hydroxylation is 1. The van der Waals surface area contributed by atoms with E-state index in [4.69, 9.17) is 0 Å². The minimum absolute atomic E-state index is 0.198. The maximum atomic E-state index is 12.7. The van der Waals surface area contributed by atoms with Gasteiger partial charge in [-0.25, -0.2) is 8.42 Å². The maximum absolute atomic E-state index is 12.7. The fourth-order valence-corrected chi connectivity index (χ4v) is 5.58. The molecule has 0 fully saturated rings. The standard InChI is InChI=1S/C24H22N4O4S2/c1-16-15-21(17(2)28(16)20-7-4-3-5-8-20)24(30)26-25-23(29)18-10-12-19(13-11-18)27-34(31,32)22-9-6-14-33-22/h3-15,27H,1-2H3,(H,25,29)(H,26,30). The molecule has 0 saturated heterocycles. The highest BCUT2D eigenvalue weighted by atomic mass is 32.2. The van der Waals surface area contributed by atoms with E-state index >= 15 is 0 Å². The van der Waals surface area contributed by atoms with Crippen molar-refractivity contribution in [1.29, 1.82) is 0 Å². The Kier molecular flexibility index (Phi) is 6.53. The summed E-state index contributed by atoms with van der Waals surface area (Å²) in [5, 5.41) is 1.68. The second kappa shape index (κ2) is 9.54. The van der Waals surface area contributed by atoms with Crippen molar-refractivity contribution in [1.82, 2.24) is 15.4 Å². The van der Waals surface area contributed by atoms with Gasteiger partial charge in [-0.3, -0.25) is 25.2 Å². The number of thiophene rings is 1. The second-order valence-electron chi connectivity index (χ2n) is 7.48. The Bertz CT molecular complexity index is 1430. The van der Waals surface area contributed by atoms with Crippen LogP contribution in [-0.4, -0.2) is 24.8 Å². The van der Waals surface area contributed by atoms with E-state index < -0.39 is 21.8 Å². The van der Waals surface area contributed by atoms with Crippen molar-refractivity contribution in [3.63, 3.8) is 0 Å². The number of nitrogens with one attached hydrogen (secondary N) is 3. The van der Waals surface area contributed by atoms with Crippen LogP contribution in [0.15, 0.2) is 82.4 Å². The summed E-state index contributed by atoms with van der Waals surface area (Å²) in [6.45, 7) is 3.75. The molecule has 4 aromatic rings. The lowest BCUT2D eigenvalue weighted by Crippen LogP contribution is -2.41. The summed E-state index contributed by atoms with van der Waals surface area (Å²) in [5.74, 6) is -0.971. The Labute approximate surface area is 201 Å². The predicted octanol–water partition coefficient (Wildman–Crippen LogP) is 4.03. The molecule has 0 radical (unpaired) electrons. The van der Waals surface area contributed by atoms with Crippen LogP contribution in [0.1, 0.15) is 32.1 Å². The third-order valence-electron chi connectivity index (χ3n) is 5.14. The summed E-state index contributed by atoms with van der Waals surface area (Å²) in [4.78, 5) is 25.2. The number of amides is 2. The molecule has 10 heteroatoms. The first kappa shape index (κ1) is 23.3. The van der Waals surface area contributed by atoms with Gasteiger partial charge in [0.15, 0.2) is 0 Å². The molecular formula is C24H22N4O4S2. The quantitative estimate of drug-likeness (QED) is 0.352. The molecule has 0 aliphatic heterocycles. The van der Waals surface area contributed by atoms with E-state index in [2.05, 4.69) is 15.6 Å². The highest BCUT2D eigenvalue weighted by molar-refractivity contribution is 7.94. The zero-order chi connectivity index (χ0) is 24.3. The zero-order valence-electron chi connectivity index (χ0n) is 18.4. The summed E-state index contributed by atoms with van der Waals surface area (Å²) in [6, 6.07) is 20.5. The van der Waals surface area contributed by atoms with E-state index in [1.807, 2.05) is 48.7 Å². The van der Waals surface area contributed by atoms with Crippen LogP contribution in [0, 0.1) is 13.8 Å². The van der Waals surface area contributed by atoms with Crippen LogP contribution in [-0.2, 0) is 10.0 Å². The van der Waals surface area contributed by atoms with Crippen LogP contribution in [0.4, 0.5) is 5.69 Å². The molecule has 2 aromatic heterocycles. The van der Waals surface area contributed by atoms with E-state index in [9.17, 15) is 18.0 Å². The minimum atomic E-state index is -3.67. The van der Waals surface area contributed by atoms with Crippen LogP contribution in [0.5, 0.6) is 0 Å². The van der Waals surface area contributed by atoms with E-state index in [-0.39, 0.29) is 9.77 Å². The minimum Gasteiger partial charge on any atom is -0.318 e. The fraction of sp³-hybridized carbons (Fsp3) is 0.0833. The van der Waals surface area contributed by atoms with Gasteiger partial charge in [0.25, 0.3) is 21.8 Å². The van der Waals surface area contributed by atoms with E-state index in [1.165, 1.54) is 30.3 Å². The molecule has 0 atom stereocenters. The number of aromatic nitrogens is 1. The molecule has 0 bridgehead atoms. The number of para-hydroxylation sites is 1. The molecule has 0 aliphatic carbocycles. The Morgan fingerprint density at radius 1 is 0.853 bits per heavy atom. The maximum Gasteiger partial charge on any atom is 0.271 e. The lowest BCUT2D eigenvalue weighted by molar-refractivity contribution is 0.0846. The van der Waals surface area contributed by atoms with Gasteiger partial charge in [0.2, 0.25) is 0 Å². The number of hydrogen-bond acceptors (Lipinski definition) is 5. The number of hydrogen-bond donors (Lipinski definition) is 3. The first-order valence-electron chi connectivity index (χ1n) is 10.3. The topological polar surface area (TPSA) is 109 Å². The second-order valence-corrected chi connectivity index (χ2v) is 10.3. The van der Waals surface area contributed by atoms with Crippen molar-refractivity contribution in [3.05, 3.63) is 101 Å². The van der Waals surface area contributed by atoms with E-state index in [0.717, 1.165) is 28.4 Å². The summed E-state index contributed by atoms with van der Waals surface area (Å²) in [7, 11) is -3.67. The molecule has 0 saturated carbocycles. The smallest absolute Gasteiger partial charge is 0.271 e. The van der Waals surface area contributed by atoms with Crippen LogP contribution >= 0.6 is 11.3 Å². The molecule has 0 spiro atoms. The molecule has 3 N–H and O–H groups in total. The lowest BCUT2D eigenvalue weighted by Gasteiger charge is -2.11. The van der Waals surface area contributed by atoms with Crippen LogP contribution < -0.4 is 15.6 Å². The van der Waals surface area contributed by atoms with Crippen molar-refractivity contribution >= 4 is 38.9 Å². The number of carbonyl (C=O) groups is 2. The zero-order valence-corrected chi connectivity index (χ0v) is 20.0. The van der Waals surface area contributed by atoms with E-state index in [1.54, 1.807) is 17.5 Å². The average Bonchev–Trinajstić information content (AvgIpc) is 3.47. The SMILES string of the molecule is Cc1cc(C(=O)NNC(=O)c2ccc(NS(=O)(=O)c3cccs3)cc2)c(C)n1-c1ccccc1. The molecule has 174 valence electrons. The molecule has 8 nitrogen and oxygen atoms in total. The van der Waals surface area contributed by atoms with Crippen molar-refractivity contribution in [2.24, 2.45) is 0 Å². The highest BCUT2D eigenvalue weighted by Gasteiger charge is 2.18. The van der Waals surface area contributed by atoms with Gasteiger partial charge in [0, 0.05) is 28.3 Å². The average molecular weight is 495 g/mol. The van der Waals surface area contributed by atoms with Gasteiger partial charge in [-0.15, -0.1) is 11.3 Å². The lowest BCUT2D eigenvalue weighted by atomic mass is 10.2. The van der Waals surface area contributed by atoms with E-state index in [0.29, 0.717) is 11.3 Å². The van der Waals surface area contributed by atoms with Gasteiger partial charge in [-0.05, 0) is 67.8 Å². The molecule has 4 rings (SSSR count). The predicted molar refractivity (Wildman–Crippen MR) is 132 cm³/mol. The molecular weight excluding hydrogens is 472 g/mol. The first-order chi connectivity index (χ1) is 16.3. The summed E-state index contributed by atoms with van der Waals surface area (Å²) >= 11 is 1.11. The first-order valence-corrected chi connectivity index (χ1v) is 12.6. The molecule has 34 heavy (non-hydrogen) atoms. The number of sulfonamides is 1. The Morgan fingerprint density at radius 2 is 1.53 bits per heavy atom. The summed E-state index contributed by atoms with van der Waals surface area (Å²) < 4.78 is 29.2. The van der Waals surface area contributed by atoms with Gasteiger partial charge in [-0.2, -0.15) is 0 Å². The van der Waals surface area contributed by atoms with Crippen molar-refractivity contribution in [3.8, 4) is 5.69 Å². The van der Waals surface area contributed by atoms with Crippen LogP contribution in [0.25, 0.3) is 5.69 Å². The van der Waals surface area contributed by atoms with Crippen molar-refractivity contribution < 1.29 is 18.0 Å². The van der Waals surface area contributed by atoms with Gasteiger partial charge in [-0.1, -0.05) is 24.3 Å². The van der Waals surface area contributed by atoms with Gasteiger partial charge >= 0.3 is 0 Å². The monoisotopic (exact) mass is 494 g/mol. The number of carbonyl (C=O) groups excluding carboxylic acids is 2. The summed E-state index contributed by atoms with van der Waals surface area (Å²) in [6.07, 6.45) is 0. The van der Waals surface area contributed by atoms with Crippen molar-refractivity contribution in [2.75, 3.05) is 4.72 Å². The Morgan fingerprint density at radius 3 is 2.18 bits per heavy atom. The third-order valence-corrected chi connectivity index (χ3v) is 7.92. The Hall–Kier alpha value is -3.89. The molecule has 2 amide bonds. The van der Waals surface area contributed by atoms with Crippen LogP contribution in [0.2, 0.25) is 0 Å². The van der Waals surface area contributed by atoms with Gasteiger partial charge < -0.3 is 4.57 Å². The molecule has 2 heterocycles. The third kappa shape index (κ3) is 4.87. The largest absolute Gasteiger partial charge is 0.318 e. The molecule has 0 aliphatic rings. The van der Waals surface area contributed by atoms with Crippen LogP contribution in [0.3, 0.4) is 0 Å². The number of rotatable bonds is 6. The highest BCUT2D eigenvalue weighted by Crippen LogP contribution is 2.21. The van der Waals surface area contributed by atoms with Gasteiger partial charge in [0.1, 0.15) is 4.21 Å². The molecule has 2 aromatic carbocycles. The molecule has 0 unspecified atom stereocenters. The Balaban J connectivity index is 1.40. The number of nitrogens with zero attached hydrogens (tertiary/aromatic N) is 1.